The van der Waals surface area contributed by atoms with E-state index in [0.717, 1.165) is 38.3 Å². The Bertz CT molecular complexity index is 1400. The zero-order valence-corrected chi connectivity index (χ0v) is 19.9. The Kier molecular flexibility index (Phi) is 5.00. The molecule has 2 aliphatic carbocycles. The van der Waals surface area contributed by atoms with Gasteiger partial charge in [-0.3, -0.25) is 19.7 Å². The Morgan fingerprint density at radius 1 is 0.750 bits per heavy atom. The van der Waals surface area contributed by atoms with Crippen LogP contribution in [0.5, 0.6) is 0 Å². The lowest BCUT2D eigenvalue weighted by Gasteiger charge is -2.21. The minimum absolute atomic E-state index is 0.0501. The molecule has 1 saturated heterocycles. The molecule has 2 fully saturated rings. The molecule has 6 rings (SSSR count). The zero-order chi connectivity index (χ0) is 25.1. The van der Waals surface area contributed by atoms with Crippen molar-refractivity contribution in [2.75, 3.05) is 4.90 Å². The second-order valence-electron chi connectivity index (χ2n) is 9.81. The summed E-state index contributed by atoms with van der Waals surface area (Å²) in [6, 6.07) is 22.6. The molecular formula is C30H24N2O4. The van der Waals surface area contributed by atoms with Crippen molar-refractivity contribution in [1.82, 2.24) is 0 Å². The number of aryl methyl sites for hydroxylation is 2. The van der Waals surface area contributed by atoms with Gasteiger partial charge in [-0.1, -0.05) is 83.9 Å². The number of carbonyl (C=O) groups excluding carboxylic acids is 2. The molecule has 2 bridgehead atoms. The number of carbonyl (C=O) groups is 2. The molecule has 178 valence electrons. The van der Waals surface area contributed by atoms with Crippen molar-refractivity contribution >= 4 is 28.8 Å². The molecule has 1 aliphatic heterocycles. The third kappa shape index (κ3) is 3.18. The van der Waals surface area contributed by atoms with Gasteiger partial charge in [0.2, 0.25) is 11.8 Å². The van der Waals surface area contributed by atoms with Crippen LogP contribution in [0.2, 0.25) is 0 Å². The summed E-state index contributed by atoms with van der Waals surface area (Å²) in [4.78, 5) is 39.6. The molecule has 3 aromatic rings. The van der Waals surface area contributed by atoms with Gasteiger partial charge in [-0.25, -0.2) is 4.90 Å². The first kappa shape index (κ1) is 22.2. The van der Waals surface area contributed by atoms with E-state index >= 15 is 0 Å². The van der Waals surface area contributed by atoms with Crippen LogP contribution in [0.1, 0.15) is 22.3 Å². The molecule has 0 spiro atoms. The molecule has 4 atom stereocenters. The second-order valence-corrected chi connectivity index (χ2v) is 9.81. The molecule has 6 heteroatoms. The van der Waals surface area contributed by atoms with Gasteiger partial charge in [0, 0.05) is 17.9 Å². The highest BCUT2D eigenvalue weighted by atomic mass is 16.6. The van der Waals surface area contributed by atoms with Gasteiger partial charge in [-0.05, 0) is 42.2 Å². The Morgan fingerprint density at radius 2 is 1.22 bits per heavy atom. The molecular weight excluding hydrogens is 452 g/mol. The normalized spacial score (nSPS) is 23.9. The smallest absolute Gasteiger partial charge is 0.274 e. The predicted octanol–water partition coefficient (Wildman–Crippen LogP) is 5.64. The third-order valence-electron chi connectivity index (χ3n) is 7.70. The number of nitro benzene ring substituents is 1. The molecule has 3 aliphatic rings. The van der Waals surface area contributed by atoms with Crippen LogP contribution >= 0.6 is 0 Å². The van der Waals surface area contributed by atoms with Gasteiger partial charge in [0.25, 0.3) is 5.69 Å². The number of hydrogen-bond donors (Lipinski definition) is 0. The Hall–Kier alpha value is -4.32. The SMILES string of the molecule is Cc1ccc(C(=C2[C@H]3C=C[C@H]2[C@H]2C(=O)N(c4ccccc4[N+](=O)[O-])C(=O)[C@H]23)c2ccc(C)cc2)cc1. The molecule has 0 radical (unpaired) electrons. The van der Waals surface area contributed by atoms with Crippen molar-refractivity contribution in [2.45, 2.75) is 13.8 Å². The largest absolute Gasteiger partial charge is 0.293 e. The Balaban J connectivity index is 1.49. The average Bonchev–Trinajstić information content (AvgIpc) is 3.50. The first-order valence-corrected chi connectivity index (χ1v) is 12.0. The number of amides is 2. The topological polar surface area (TPSA) is 80.5 Å². The third-order valence-corrected chi connectivity index (χ3v) is 7.70. The molecule has 36 heavy (non-hydrogen) atoms. The molecule has 1 saturated carbocycles. The molecule has 2 amide bonds. The van der Waals surface area contributed by atoms with E-state index in [1.807, 2.05) is 26.0 Å². The van der Waals surface area contributed by atoms with Crippen LogP contribution in [0, 0.1) is 47.6 Å². The van der Waals surface area contributed by atoms with Gasteiger partial charge >= 0.3 is 0 Å². The van der Waals surface area contributed by atoms with Gasteiger partial charge < -0.3 is 0 Å². The van der Waals surface area contributed by atoms with Crippen molar-refractivity contribution in [1.29, 1.82) is 0 Å². The highest BCUT2D eigenvalue weighted by molar-refractivity contribution is 6.24. The minimum atomic E-state index is -0.562. The van der Waals surface area contributed by atoms with E-state index in [1.54, 1.807) is 6.07 Å². The average molecular weight is 477 g/mol. The van der Waals surface area contributed by atoms with E-state index in [2.05, 4.69) is 48.5 Å². The number of anilines is 1. The number of para-hydroxylation sites is 2. The maximum absolute atomic E-state index is 13.7. The standard InChI is InChI=1S/C30H24N2O4/c1-17-7-11-19(12-8-17)25(20-13-9-18(2)10-14-20)26-21-15-16-22(26)28-27(21)29(33)31(30(28)34)23-5-3-4-6-24(23)32(35)36/h3-16,21-22,27-28H,1-2H3/t21-,22-,27-,28+/m1/s1. The van der Waals surface area contributed by atoms with Gasteiger partial charge in [0.15, 0.2) is 0 Å². The lowest BCUT2D eigenvalue weighted by atomic mass is 9.85. The molecule has 3 aromatic carbocycles. The van der Waals surface area contributed by atoms with Crippen molar-refractivity contribution in [3.8, 4) is 0 Å². The molecule has 0 N–H and O–H groups in total. The van der Waals surface area contributed by atoms with E-state index < -0.39 is 16.8 Å². The van der Waals surface area contributed by atoms with Gasteiger partial charge in [-0.2, -0.15) is 0 Å². The highest BCUT2D eigenvalue weighted by Crippen LogP contribution is 2.59. The lowest BCUT2D eigenvalue weighted by molar-refractivity contribution is -0.384. The van der Waals surface area contributed by atoms with E-state index in [0.29, 0.717) is 0 Å². The highest BCUT2D eigenvalue weighted by Gasteiger charge is 2.63. The van der Waals surface area contributed by atoms with Crippen LogP contribution < -0.4 is 4.90 Å². The number of fused-ring (bicyclic) bond motifs is 5. The van der Waals surface area contributed by atoms with E-state index in [4.69, 9.17) is 0 Å². The minimum Gasteiger partial charge on any atom is -0.274 e. The first-order chi connectivity index (χ1) is 17.4. The first-order valence-electron chi connectivity index (χ1n) is 12.0. The van der Waals surface area contributed by atoms with Gasteiger partial charge in [0.1, 0.15) is 5.69 Å². The summed E-state index contributed by atoms with van der Waals surface area (Å²) < 4.78 is 0. The van der Waals surface area contributed by atoms with Crippen LogP contribution in [-0.4, -0.2) is 16.7 Å². The number of nitrogens with zero attached hydrogens (tertiary/aromatic N) is 2. The van der Waals surface area contributed by atoms with Crippen LogP contribution in [0.25, 0.3) is 5.57 Å². The predicted molar refractivity (Wildman–Crippen MR) is 137 cm³/mol. The monoisotopic (exact) mass is 476 g/mol. The van der Waals surface area contributed by atoms with Crippen molar-refractivity contribution < 1.29 is 14.5 Å². The van der Waals surface area contributed by atoms with Gasteiger partial charge in [0.05, 0.1) is 16.8 Å². The molecule has 6 nitrogen and oxygen atoms in total. The second kappa shape index (κ2) is 8.12. The summed E-state index contributed by atoms with van der Waals surface area (Å²) in [6.45, 7) is 4.09. The summed E-state index contributed by atoms with van der Waals surface area (Å²) in [5.74, 6) is -2.31. The lowest BCUT2D eigenvalue weighted by Crippen LogP contribution is -2.33. The van der Waals surface area contributed by atoms with Gasteiger partial charge in [-0.15, -0.1) is 0 Å². The van der Waals surface area contributed by atoms with Crippen molar-refractivity contribution in [2.24, 2.45) is 23.7 Å². The number of hydrogen-bond acceptors (Lipinski definition) is 4. The fourth-order valence-corrected chi connectivity index (χ4v) is 6.08. The molecule has 0 aromatic heterocycles. The summed E-state index contributed by atoms with van der Waals surface area (Å²) in [5, 5.41) is 11.6. The number of rotatable bonds is 4. The maximum Gasteiger partial charge on any atom is 0.293 e. The van der Waals surface area contributed by atoms with E-state index in [1.165, 1.54) is 18.2 Å². The summed E-state index contributed by atoms with van der Waals surface area (Å²) >= 11 is 0. The number of imide groups is 1. The Labute approximate surface area is 208 Å². The summed E-state index contributed by atoms with van der Waals surface area (Å²) in [7, 11) is 0. The van der Waals surface area contributed by atoms with Crippen LogP contribution in [0.3, 0.4) is 0 Å². The van der Waals surface area contributed by atoms with Crippen LogP contribution in [0.15, 0.2) is 90.5 Å². The van der Waals surface area contributed by atoms with Crippen molar-refractivity contribution in [3.63, 3.8) is 0 Å². The number of allylic oxidation sites excluding steroid dienone is 3. The van der Waals surface area contributed by atoms with E-state index in [-0.39, 0.29) is 35.0 Å². The van der Waals surface area contributed by atoms with E-state index in [9.17, 15) is 19.7 Å². The van der Waals surface area contributed by atoms with Crippen LogP contribution in [0.4, 0.5) is 11.4 Å². The summed E-state index contributed by atoms with van der Waals surface area (Å²) in [6.07, 6.45) is 4.08. The number of nitro groups is 1. The van der Waals surface area contributed by atoms with Crippen molar-refractivity contribution in [3.05, 3.63) is 123 Å². The fourth-order valence-electron chi connectivity index (χ4n) is 6.08. The number of benzene rings is 3. The zero-order valence-electron chi connectivity index (χ0n) is 19.9. The van der Waals surface area contributed by atoms with Crippen LogP contribution in [-0.2, 0) is 9.59 Å². The summed E-state index contributed by atoms with van der Waals surface area (Å²) in [5.41, 5.74) is 6.36. The quantitative estimate of drug-likeness (QED) is 0.211. The maximum atomic E-state index is 13.7. The Morgan fingerprint density at radius 3 is 1.69 bits per heavy atom. The fraction of sp³-hybridized carbons (Fsp3) is 0.200. The molecule has 0 unspecified atom stereocenters. The molecule has 1 heterocycles.